The third-order valence-electron chi connectivity index (χ3n) is 7.73. The van der Waals surface area contributed by atoms with Crippen molar-refractivity contribution in [2.24, 2.45) is 11.8 Å². The van der Waals surface area contributed by atoms with Gasteiger partial charge in [0.1, 0.15) is 0 Å². The van der Waals surface area contributed by atoms with Gasteiger partial charge < -0.3 is 4.74 Å². The van der Waals surface area contributed by atoms with Crippen LogP contribution in [0.2, 0.25) is 0 Å². The zero-order chi connectivity index (χ0) is 24.6. The molecule has 2 aromatic carbocycles. The van der Waals surface area contributed by atoms with Gasteiger partial charge in [-0.05, 0) is 98.8 Å². The number of hydrogen-bond acceptors (Lipinski definition) is 1. The normalized spacial score (nSPS) is 18.2. The van der Waals surface area contributed by atoms with Gasteiger partial charge in [0, 0.05) is 0 Å². The van der Waals surface area contributed by atoms with Crippen molar-refractivity contribution in [3.05, 3.63) is 95.6 Å². The lowest BCUT2D eigenvalue weighted by Crippen LogP contribution is -2.14. The van der Waals surface area contributed by atoms with Crippen molar-refractivity contribution in [2.75, 3.05) is 6.61 Å². The monoisotopic (exact) mass is 472 g/mol. The van der Waals surface area contributed by atoms with Crippen LogP contribution in [0.5, 0.6) is 0 Å². The van der Waals surface area contributed by atoms with Gasteiger partial charge in [0.2, 0.25) is 0 Å². The second kappa shape index (κ2) is 16.5. The number of aryl methyl sites for hydroxylation is 3. The highest BCUT2D eigenvalue weighted by Gasteiger charge is 2.19. The summed E-state index contributed by atoms with van der Waals surface area (Å²) in [6, 6.07) is 18.3. The average molecular weight is 473 g/mol. The van der Waals surface area contributed by atoms with Crippen molar-refractivity contribution < 1.29 is 4.74 Å². The van der Waals surface area contributed by atoms with Crippen LogP contribution >= 0.6 is 0 Å². The highest BCUT2D eigenvalue weighted by molar-refractivity contribution is 5.23. The molecule has 0 heterocycles. The number of unbranched alkanes of at least 4 members (excludes halogenated alkanes) is 2. The third kappa shape index (κ3) is 11.0. The van der Waals surface area contributed by atoms with E-state index >= 15 is 0 Å². The summed E-state index contributed by atoms with van der Waals surface area (Å²) in [6.45, 7) is 7.11. The average Bonchev–Trinajstić information content (AvgIpc) is 2.90. The van der Waals surface area contributed by atoms with Gasteiger partial charge in [-0.2, -0.15) is 0 Å². The van der Waals surface area contributed by atoms with E-state index < -0.39 is 0 Å². The van der Waals surface area contributed by atoms with Crippen LogP contribution in [0.1, 0.15) is 93.4 Å². The van der Waals surface area contributed by atoms with Crippen LogP contribution in [0.15, 0.2) is 73.3 Å². The van der Waals surface area contributed by atoms with E-state index in [1.54, 1.807) is 6.08 Å². The van der Waals surface area contributed by atoms with Crippen molar-refractivity contribution in [1.29, 1.82) is 0 Å². The van der Waals surface area contributed by atoms with E-state index in [2.05, 4.69) is 74.2 Å². The Hall–Kier alpha value is -2.12. The minimum atomic E-state index is 0.612. The smallest absolute Gasteiger partial charge is 0.0721 e. The summed E-state index contributed by atoms with van der Waals surface area (Å²) in [6.07, 6.45) is 23.8. The Morgan fingerprint density at radius 2 is 1.20 bits per heavy atom. The largest absolute Gasteiger partial charge is 0.373 e. The molecule has 0 bridgehead atoms. The first-order valence-corrected chi connectivity index (χ1v) is 14.2. The molecule has 0 unspecified atom stereocenters. The molecular weight excluding hydrogens is 424 g/mol. The molecule has 0 amide bonds. The summed E-state index contributed by atoms with van der Waals surface area (Å²) in [4.78, 5) is 0. The maximum absolute atomic E-state index is 5.51. The van der Waals surface area contributed by atoms with E-state index in [0.717, 1.165) is 18.3 Å². The Balaban J connectivity index is 1.23. The summed E-state index contributed by atoms with van der Waals surface area (Å²) in [5.41, 5.74) is 5.66. The molecule has 0 aromatic heterocycles. The van der Waals surface area contributed by atoms with E-state index in [0.29, 0.717) is 13.2 Å². The lowest BCUT2D eigenvalue weighted by Gasteiger charge is -2.27. The van der Waals surface area contributed by atoms with Gasteiger partial charge >= 0.3 is 0 Å². The van der Waals surface area contributed by atoms with E-state index in [9.17, 15) is 0 Å². The highest BCUT2D eigenvalue weighted by Crippen LogP contribution is 2.33. The topological polar surface area (TPSA) is 9.23 Å². The molecule has 0 atom stereocenters. The van der Waals surface area contributed by atoms with Crippen LogP contribution in [0.25, 0.3) is 0 Å². The molecule has 3 rings (SSSR count). The summed E-state index contributed by atoms with van der Waals surface area (Å²) < 4.78 is 5.51. The number of ether oxygens (including phenoxy) is 1. The molecule has 0 spiro atoms. The first-order valence-electron chi connectivity index (χ1n) is 14.2. The Morgan fingerprint density at radius 1 is 0.714 bits per heavy atom. The SMILES string of the molecule is C=CCOCc1ccc(CCCCc2ccc(CCCCC3CCC(CC=CC)CC3)cc2)cc1. The van der Waals surface area contributed by atoms with Crippen molar-refractivity contribution >= 4 is 0 Å². The minimum Gasteiger partial charge on any atom is -0.373 e. The number of hydrogen-bond donors (Lipinski definition) is 0. The molecule has 0 aliphatic heterocycles. The van der Waals surface area contributed by atoms with Gasteiger partial charge in [-0.25, -0.2) is 0 Å². The molecule has 0 radical (unpaired) electrons. The van der Waals surface area contributed by atoms with E-state index in [1.807, 2.05) is 0 Å². The molecule has 1 aliphatic rings. The predicted octanol–water partition coefficient (Wildman–Crippen LogP) is 9.44. The molecule has 1 heteroatoms. The van der Waals surface area contributed by atoms with Crippen LogP contribution in [0.3, 0.4) is 0 Å². The predicted molar refractivity (Wildman–Crippen MR) is 152 cm³/mol. The molecule has 0 saturated heterocycles. The van der Waals surface area contributed by atoms with Crippen LogP contribution in [0.4, 0.5) is 0 Å². The summed E-state index contributed by atoms with van der Waals surface area (Å²) in [5.74, 6) is 1.95. The van der Waals surface area contributed by atoms with Crippen molar-refractivity contribution in [1.82, 2.24) is 0 Å². The van der Waals surface area contributed by atoms with Gasteiger partial charge in [0.25, 0.3) is 0 Å². The van der Waals surface area contributed by atoms with Crippen LogP contribution in [-0.2, 0) is 30.6 Å². The van der Waals surface area contributed by atoms with Crippen molar-refractivity contribution in [2.45, 2.75) is 97.0 Å². The van der Waals surface area contributed by atoms with E-state index in [-0.39, 0.29) is 0 Å². The molecule has 2 aromatic rings. The number of benzene rings is 2. The molecule has 1 fully saturated rings. The van der Waals surface area contributed by atoms with Crippen LogP contribution in [0, 0.1) is 11.8 Å². The van der Waals surface area contributed by atoms with Gasteiger partial charge in [0.15, 0.2) is 0 Å². The zero-order valence-electron chi connectivity index (χ0n) is 22.2. The summed E-state index contributed by atoms with van der Waals surface area (Å²) in [5, 5.41) is 0. The molecule has 0 N–H and O–H groups in total. The summed E-state index contributed by atoms with van der Waals surface area (Å²) >= 11 is 0. The quantitative estimate of drug-likeness (QED) is 0.175. The zero-order valence-corrected chi connectivity index (χ0v) is 22.2. The Bertz CT molecular complexity index is 837. The number of allylic oxidation sites excluding steroid dienone is 2. The van der Waals surface area contributed by atoms with E-state index in [1.165, 1.54) is 99.3 Å². The van der Waals surface area contributed by atoms with Gasteiger partial charge in [-0.1, -0.05) is 92.4 Å². The molecule has 1 saturated carbocycles. The summed E-state index contributed by atoms with van der Waals surface area (Å²) in [7, 11) is 0. The fourth-order valence-electron chi connectivity index (χ4n) is 5.44. The van der Waals surface area contributed by atoms with Crippen LogP contribution < -0.4 is 0 Å². The molecule has 1 nitrogen and oxygen atoms in total. The molecule has 35 heavy (non-hydrogen) atoms. The van der Waals surface area contributed by atoms with Crippen molar-refractivity contribution in [3.63, 3.8) is 0 Å². The second-order valence-electron chi connectivity index (χ2n) is 10.6. The standard InChI is InChI=1S/C34H48O/c1-3-5-10-29-15-17-30(18-16-29)11-6-7-12-31-19-21-32(22-20-31)13-8-9-14-33-23-25-34(26-24-33)28-35-27-4-2/h3-5,19-26,29-30H,2,6-18,27-28H2,1H3. The first kappa shape index (κ1) is 27.5. The molecule has 1 aliphatic carbocycles. The maximum atomic E-state index is 5.51. The van der Waals surface area contributed by atoms with Crippen LogP contribution in [-0.4, -0.2) is 6.61 Å². The first-order chi connectivity index (χ1) is 17.3. The third-order valence-corrected chi connectivity index (χ3v) is 7.73. The van der Waals surface area contributed by atoms with Crippen molar-refractivity contribution in [3.8, 4) is 0 Å². The lowest BCUT2D eigenvalue weighted by atomic mass is 9.78. The fraction of sp³-hybridized carbons (Fsp3) is 0.529. The lowest BCUT2D eigenvalue weighted by molar-refractivity contribution is 0.149. The highest BCUT2D eigenvalue weighted by atomic mass is 16.5. The van der Waals surface area contributed by atoms with Gasteiger partial charge in [0.05, 0.1) is 13.2 Å². The Morgan fingerprint density at radius 3 is 1.71 bits per heavy atom. The van der Waals surface area contributed by atoms with Gasteiger partial charge in [-0.15, -0.1) is 6.58 Å². The Labute approximate surface area is 215 Å². The van der Waals surface area contributed by atoms with Gasteiger partial charge in [-0.3, -0.25) is 0 Å². The Kier molecular flexibility index (Phi) is 13.0. The molecule has 190 valence electrons. The molecular formula is C34H48O. The number of rotatable bonds is 16. The van der Waals surface area contributed by atoms with E-state index in [4.69, 9.17) is 4.74 Å². The second-order valence-corrected chi connectivity index (χ2v) is 10.6. The fourth-order valence-corrected chi connectivity index (χ4v) is 5.44. The minimum absolute atomic E-state index is 0.612. The maximum Gasteiger partial charge on any atom is 0.0721 e.